The summed E-state index contributed by atoms with van der Waals surface area (Å²) < 4.78 is 53.6. The average molecular weight is 451 g/mol. The van der Waals surface area contributed by atoms with E-state index in [2.05, 4.69) is 4.18 Å². The summed E-state index contributed by atoms with van der Waals surface area (Å²) in [4.78, 5) is 10.7. The maximum absolute atomic E-state index is 10.7. The van der Waals surface area contributed by atoms with E-state index in [1.54, 1.807) is 0 Å². The summed E-state index contributed by atoms with van der Waals surface area (Å²) in [5, 5.41) is 8.75. The van der Waals surface area contributed by atoms with Gasteiger partial charge in [0.2, 0.25) is 0 Å². The maximum Gasteiger partial charge on any atom is 0.397 e. The highest BCUT2D eigenvalue weighted by molar-refractivity contribution is 7.80. The van der Waals surface area contributed by atoms with Crippen LogP contribution in [0.25, 0.3) is 0 Å². The van der Waals surface area contributed by atoms with Gasteiger partial charge in [-0.3, -0.25) is 4.55 Å². The van der Waals surface area contributed by atoms with Crippen molar-refractivity contribution in [3.8, 4) is 0 Å². The molecule has 0 saturated carbocycles. The molecular weight excluding hydrogens is 416 g/mol. The van der Waals surface area contributed by atoms with Crippen LogP contribution in [0.4, 0.5) is 0 Å². The lowest BCUT2D eigenvalue weighted by atomic mass is 10.3. The van der Waals surface area contributed by atoms with E-state index in [9.17, 15) is 13.2 Å². The number of carbonyl (C=O) groups is 1. The zero-order valence-electron chi connectivity index (χ0n) is 16.7. The van der Waals surface area contributed by atoms with Gasteiger partial charge in [-0.2, -0.15) is 8.42 Å². The fourth-order valence-electron chi connectivity index (χ4n) is 1.53. The van der Waals surface area contributed by atoms with Crippen LogP contribution in [-0.4, -0.2) is 94.8 Å². The molecular formula is C14H34N4O10S. The van der Waals surface area contributed by atoms with Crippen LogP contribution in [-0.2, 0) is 38.3 Å². The molecule has 0 aromatic heterocycles. The molecule has 15 heteroatoms. The third-order valence-corrected chi connectivity index (χ3v) is 3.32. The van der Waals surface area contributed by atoms with Crippen LogP contribution in [0, 0.1) is 0 Å². The van der Waals surface area contributed by atoms with Crippen molar-refractivity contribution in [1.29, 1.82) is 0 Å². The third-order valence-electron chi connectivity index (χ3n) is 2.90. The van der Waals surface area contributed by atoms with Crippen molar-refractivity contribution in [1.82, 2.24) is 0 Å². The molecule has 0 aliphatic rings. The fraction of sp³-hybridized carbons (Fsp3) is 0.929. The molecule has 0 aliphatic carbocycles. The SMILES string of the molecule is CC(COS(=O)(=O)O)(OCCN)OCCN.CC(OCCN)(OCCN)C(=O)O. The number of carboxylic acids is 1. The molecule has 176 valence electrons. The number of nitrogens with two attached hydrogens (primary N) is 4. The standard InChI is InChI=1S/C7H18N2O6S.C7H16N2O4/c1-7(13-4-2-8,14-5-3-9)6-15-16(10,11)12;1-7(6(10)11,12-4-2-8)13-5-3-9/h2-6,8-9H2,1H3,(H,10,11,12);2-5,8-9H2,1H3,(H,10,11). The Morgan fingerprint density at radius 1 is 0.828 bits per heavy atom. The summed E-state index contributed by atoms with van der Waals surface area (Å²) in [6.45, 7) is 3.87. The van der Waals surface area contributed by atoms with E-state index >= 15 is 0 Å². The summed E-state index contributed by atoms with van der Waals surface area (Å²) >= 11 is 0. The van der Waals surface area contributed by atoms with Gasteiger partial charge < -0.3 is 47.0 Å². The van der Waals surface area contributed by atoms with E-state index in [1.807, 2.05) is 0 Å². The van der Waals surface area contributed by atoms with Crippen LogP contribution in [0.2, 0.25) is 0 Å². The molecule has 0 rings (SSSR count). The van der Waals surface area contributed by atoms with Crippen molar-refractivity contribution in [2.24, 2.45) is 22.9 Å². The number of carboxylic acid groups (broad SMARTS) is 1. The van der Waals surface area contributed by atoms with E-state index in [-0.39, 0.29) is 52.6 Å². The molecule has 14 nitrogen and oxygen atoms in total. The van der Waals surface area contributed by atoms with Crippen LogP contribution >= 0.6 is 0 Å². The Morgan fingerprint density at radius 3 is 1.45 bits per heavy atom. The lowest BCUT2D eigenvalue weighted by Gasteiger charge is -2.28. The lowest BCUT2D eigenvalue weighted by molar-refractivity contribution is -0.236. The molecule has 0 unspecified atom stereocenters. The molecule has 0 heterocycles. The van der Waals surface area contributed by atoms with Crippen molar-refractivity contribution in [3.05, 3.63) is 0 Å². The molecule has 0 spiro atoms. The Kier molecular flexibility index (Phi) is 16.5. The number of rotatable bonds is 16. The first-order valence-corrected chi connectivity index (χ1v) is 9.97. The van der Waals surface area contributed by atoms with Gasteiger partial charge in [0.05, 0.1) is 26.4 Å². The van der Waals surface area contributed by atoms with Gasteiger partial charge in [0.25, 0.3) is 5.79 Å². The predicted molar refractivity (Wildman–Crippen MR) is 102 cm³/mol. The second-order valence-corrected chi connectivity index (χ2v) is 6.71. The summed E-state index contributed by atoms with van der Waals surface area (Å²) in [5.41, 5.74) is 20.8. The summed E-state index contributed by atoms with van der Waals surface area (Å²) in [7, 11) is -4.53. The van der Waals surface area contributed by atoms with Gasteiger partial charge in [-0.15, -0.1) is 0 Å². The fourth-order valence-corrected chi connectivity index (χ4v) is 1.89. The van der Waals surface area contributed by atoms with Crippen LogP contribution in [0.15, 0.2) is 0 Å². The zero-order chi connectivity index (χ0) is 23.0. The highest BCUT2D eigenvalue weighted by Gasteiger charge is 2.35. The van der Waals surface area contributed by atoms with Crippen molar-refractivity contribution < 1.29 is 46.0 Å². The maximum atomic E-state index is 10.7. The van der Waals surface area contributed by atoms with Crippen molar-refractivity contribution in [2.45, 2.75) is 25.4 Å². The summed E-state index contributed by atoms with van der Waals surface area (Å²) in [6, 6.07) is 0. The minimum Gasteiger partial charge on any atom is -0.477 e. The Hall–Kier alpha value is -0.980. The monoisotopic (exact) mass is 450 g/mol. The number of hydrogen-bond donors (Lipinski definition) is 6. The topological polar surface area (TPSA) is 242 Å². The van der Waals surface area contributed by atoms with Gasteiger partial charge in [0.1, 0.15) is 6.61 Å². The minimum absolute atomic E-state index is 0.132. The minimum atomic E-state index is -4.53. The van der Waals surface area contributed by atoms with Crippen molar-refractivity contribution in [3.63, 3.8) is 0 Å². The first kappa shape index (κ1) is 30.2. The highest BCUT2D eigenvalue weighted by atomic mass is 32.3. The van der Waals surface area contributed by atoms with Crippen LogP contribution in [0.1, 0.15) is 13.8 Å². The largest absolute Gasteiger partial charge is 0.477 e. The second-order valence-electron chi connectivity index (χ2n) is 5.62. The molecule has 10 N–H and O–H groups in total. The summed E-state index contributed by atoms with van der Waals surface area (Å²) in [6.07, 6.45) is 0. The number of ether oxygens (including phenoxy) is 4. The molecule has 0 aromatic rings. The molecule has 0 aliphatic heterocycles. The second kappa shape index (κ2) is 15.8. The van der Waals surface area contributed by atoms with E-state index in [4.69, 9.17) is 51.5 Å². The van der Waals surface area contributed by atoms with Gasteiger partial charge in [-0.05, 0) is 6.92 Å². The van der Waals surface area contributed by atoms with Gasteiger partial charge in [0, 0.05) is 33.1 Å². The third kappa shape index (κ3) is 16.5. The zero-order valence-corrected chi connectivity index (χ0v) is 17.6. The highest BCUT2D eigenvalue weighted by Crippen LogP contribution is 2.14. The van der Waals surface area contributed by atoms with Gasteiger partial charge in [0.15, 0.2) is 5.79 Å². The normalized spacial score (nSPS) is 12.4. The molecule has 0 amide bonds. The number of hydrogen-bond acceptors (Lipinski definition) is 12. The Bertz CT molecular complexity index is 518. The van der Waals surface area contributed by atoms with Gasteiger partial charge in [-0.25, -0.2) is 8.98 Å². The van der Waals surface area contributed by atoms with E-state index in [0.29, 0.717) is 0 Å². The van der Waals surface area contributed by atoms with Crippen molar-refractivity contribution in [2.75, 3.05) is 59.2 Å². The predicted octanol–water partition coefficient (Wildman–Crippen LogP) is -2.79. The van der Waals surface area contributed by atoms with Gasteiger partial charge >= 0.3 is 16.4 Å². The van der Waals surface area contributed by atoms with Gasteiger partial charge in [-0.1, -0.05) is 0 Å². The average Bonchev–Trinajstić information content (AvgIpc) is 2.66. The Labute approximate surface area is 170 Å². The lowest BCUT2D eigenvalue weighted by Crippen LogP contribution is -2.43. The summed E-state index contributed by atoms with van der Waals surface area (Å²) in [5.74, 6) is -4.14. The molecule has 0 saturated heterocycles. The Morgan fingerprint density at radius 2 is 1.17 bits per heavy atom. The quantitative estimate of drug-likeness (QED) is 0.103. The molecule has 0 fully saturated rings. The first-order chi connectivity index (χ1) is 13.4. The molecule has 29 heavy (non-hydrogen) atoms. The van der Waals surface area contributed by atoms with Crippen LogP contribution in [0.3, 0.4) is 0 Å². The molecule has 0 aromatic carbocycles. The van der Waals surface area contributed by atoms with E-state index in [0.717, 1.165) is 0 Å². The smallest absolute Gasteiger partial charge is 0.397 e. The first-order valence-electron chi connectivity index (χ1n) is 8.61. The molecule has 0 atom stereocenters. The number of aliphatic carboxylic acids is 1. The Balaban J connectivity index is 0. The van der Waals surface area contributed by atoms with E-state index in [1.165, 1.54) is 13.8 Å². The van der Waals surface area contributed by atoms with Crippen molar-refractivity contribution >= 4 is 16.4 Å². The van der Waals surface area contributed by atoms with Crippen LogP contribution in [0.5, 0.6) is 0 Å². The van der Waals surface area contributed by atoms with Crippen LogP contribution < -0.4 is 22.9 Å². The molecule has 0 radical (unpaired) electrons. The van der Waals surface area contributed by atoms with E-state index < -0.39 is 34.5 Å². The molecule has 0 bridgehead atoms.